The predicted octanol–water partition coefficient (Wildman–Crippen LogP) is 3.25. The van der Waals surface area contributed by atoms with Crippen molar-refractivity contribution < 1.29 is 9.13 Å². The third kappa shape index (κ3) is 2.84. The van der Waals surface area contributed by atoms with E-state index in [1.165, 1.54) is 6.07 Å². The quantitative estimate of drug-likeness (QED) is 0.881. The van der Waals surface area contributed by atoms with Crippen molar-refractivity contribution in [2.75, 3.05) is 6.61 Å². The molecule has 0 unspecified atom stereocenters. The number of hydrogen-bond acceptors (Lipinski definition) is 2. The molecule has 1 aromatic heterocycles. The maximum Gasteiger partial charge on any atom is 0.165 e. The highest BCUT2D eigenvalue weighted by Crippen LogP contribution is 2.26. The van der Waals surface area contributed by atoms with Crippen LogP contribution in [0.1, 0.15) is 13.8 Å². The average Bonchev–Trinajstić information content (AvgIpc) is 2.81. The molecule has 0 aliphatic carbocycles. The molecule has 0 bridgehead atoms. The smallest absolute Gasteiger partial charge is 0.165 e. The van der Waals surface area contributed by atoms with Crippen molar-refractivity contribution in [3.63, 3.8) is 0 Å². The number of benzene rings is 1. The molecule has 0 atom stereocenters. The van der Waals surface area contributed by atoms with E-state index in [0.29, 0.717) is 12.5 Å². The zero-order valence-electron chi connectivity index (χ0n) is 9.90. The first-order chi connectivity index (χ1) is 8.16. The van der Waals surface area contributed by atoms with Crippen LogP contribution in [-0.4, -0.2) is 16.8 Å². The highest BCUT2D eigenvalue weighted by Gasteiger charge is 2.07. The Morgan fingerprint density at radius 2 is 2.18 bits per heavy atom. The van der Waals surface area contributed by atoms with Gasteiger partial charge in [-0.25, -0.2) is 4.39 Å². The van der Waals surface area contributed by atoms with E-state index < -0.39 is 0 Å². The molecule has 3 nitrogen and oxygen atoms in total. The van der Waals surface area contributed by atoms with E-state index in [-0.39, 0.29) is 11.6 Å². The Kier molecular flexibility index (Phi) is 3.42. The highest BCUT2D eigenvalue weighted by molar-refractivity contribution is 5.63. The van der Waals surface area contributed by atoms with Crippen LogP contribution in [0.25, 0.3) is 11.1 Å². The molecule has 0 radical (unpaired) electrons. The molecule has 90 valence electrons. The number of rotatable bonds is 4. The van der Waals surface area contributed by atoms with Crippen LogP contribution in [0.4, 0.5) is 4.39 Å². The van der Waals surface area contributed by atoms with Crippen molar-refractivity contribution in [2.24, 2.45) is 5.92 Å². The Morgan fingerprint density at radius 1 is 1.35 bits per heavy atom. The van der Waals surface area contributed by atoms with Crippen LogP contribution in [0.3, 0.4) is 0 Å². The van der Waals surface area contributed by atoms with Gasteiger partial charge in [-0.3, -0.25) is 5.10 Å². The van der Waals surface area contributed by atoms with Crippen molar-refractivity contribution >= 4 is 0 Å². The summed E-state index contributed by atoms with van der Waals surface area (Å²) in [6, 6.07) is 4.82. The monoisotopic (exact) mass is 234 g/mol. The number of H-pyrrole nitrogens is 1. The summed E-state index contributed by atoms with van der Waals surface area (Å²) >= 11 is 0. The molecule has 1 N–H and O–H groups in total. The van der Waals surface area contributed by atoms with Crippen LogP contribution in [0.5, 0.6) is 5.75 Å². The summed E-state index contributed by atoms with van der Waals surface area (Å²) in [5, 5.41) is 6.59. The average molecular weight is 234 g/mol. The van der Waals surface area contributed by atoms with E-state index in [2.05, 4.69) is 10.2 Å². The fourth-order valence-electron chi connectivity index (χ4n) is 1.46. The normalized spacial score (nSPS) is 10.8. The Labute approximate surface area is 99.6 Å². The van der Waals surface area contributed by atoms with Gasteiger partial charge in [-0.05, 0) is 23.6 Å². The molecule has 2 aromatic rings. The Morgan fingerprint density at radius 3 is 2.82 bits per heavy atom. The number of aromatic amines is 1. The van der Waals surface area contributed by atoms with Gasteiger partial charge in [0.15, 0.2) is 11.6 Å². The van der Waals surface area contributed by atoms with Gasteiger partial charge in [-0.2, -0.15) is 5.10 Å². The van der Waals surface area contributed by atoms with E-state index >= 15 is 0 Å². The molecule has 0 aliphatic rings. The van der Waals surface area contributed by atoms with Crippen LogP contribution in [0.2, 0.25) is 0 Å². The largest absolute Gasteiger partial charge is 0.490 e. The Balaban J connectivity index is 2.23. The number of nitrogens with one attached hydrogen (secondary N) is 1. The molecule has 17 heavy (non-hydrogen) atoms. The molecule has 1 aromatic carbocycles. The minimum absolute atomic E-state index is 0.289. The predicted molar refractivity (Wildman–Crippen MR) is 64.3 cm³/mol. The molecule has 4 heteroatoms. The molecule has 0 aliphatic heterocycles. The number of nitrogens with zero attached hydrogens (tertiary/aromatic N) is 1. The third-order valence-corrected chi connectivity index (χ3v) is 2.33. The van der Waals surface area contributed by atoms with Crippen LogP contribution < -0.4 is 4.74 Å². The Bertz CT molecular complexity index is 480. The van der Waals surface area contributed by atoms with Gasteiger partial charge in [0, 0.05) is 11.8 Å². The molecular formula is C13H15FN2O. The van der Waals surface area contributed by atoms with Crippen LogP contribution >= 0.6 is 0 Å². The maximum absolute atomic E-state index is 13.5. The van der Waals surface area contributed by atoms with E-state index in [1.54, 1.807) is 24.5 Å². The lowest BCUT2D eigenvalue weighted by atomic mass is 10.1. The van der Waals surface area contributed by atoms with E-state index in [4.69, 9.17) is 4.74 Å². The van der Waals surface area contributed by atoms with Crippen molar-refractivity contribution in [1.29, 1.82) is 0 Å². The first kappa shape index (κ1) is 11.6. The molecule has 0 amide bonds. The SMILES string of the molecule is CC(C)COc1cc(-c2cn[nH]c2)ccc1F. The fraction of sp³-hybridized carbons (Fsp3) is 0.308. The zero-order chi connectivity index (χ0) is 12.3. The second-order valence-corrected chi connectivity index (χ2v) is 4.34. The number of halogens is 1. The summed E-state index contributed by atoms with van der Waals surface area (Å²) in [7, 11) is 0. The molecule has 1 heterocycles. The fourth-order valence-corrected chi connectivity index (χ4v) is 1.46. The summed E-state index contributed by atoms with van der Waals surface area (Å²) in [5.74, 6) is 0.322. The van der Waals surface area contributed by atoms with Crippen LogP contribution in [-0.2, 0) is 0 Å². The Hall–Kier alpha value is -1.84. The highest BCUT2D eigenvalue weighted by atomic mass is 19.1. The van der Waals surface area contributed by atoms with Gasteiger partial charge in [0.05, 0.1) is 12.8 Å². The third-order valence-electron chi connectivity index (χ3n) is 2.33. The van der Waals surface area contributed by atoms with Gasteiger partial charge < -0.3 is 4.74 Å². The molecule has 0 spiro atoms. The van der Waals surface area contributed by atoms with Crippen molar-refractivity contribution in [3.8, 4) is 16.9 Å². The van der Waals surface area contributed by atoms with Crippen LogP contribution in [0.15, 0.2) is 30.6 Å². The van der Waals surface area contributed by atoms with E-state index in [9.17, 15) is 4.39 Å². The minimum atomic E-state index is -0.335. The van der Waals surface area contributed by atoms with Gasteiger partial charge in [0.2, 0.25) is 0 Å². The van der Waals surface area contributed by atoms with Gasteiger partial charge >= 0.3 is 0 Å². The molecule has 0 saturated heterocycles. The summed E-state index contributed by atoms with van der Waals surface area (Å²) < 4.78 is 18.9. The lowest BCUT2D eigenvalue weighted by Gasteiger charge is -2.10. The molecule has 2 rings (SSSR count). The number of hydrogen-bond donors (Lipinski definition) is 1. The summed E-state index contributed by atoms with van der Waals surface area (Å²) in [6.07, 6.45) is 3.46. The van der Waals surface area contributed by atoms with Gasteiger partial charge in [-0.15, -0.1) is 0 Å². The lowest BCUT2D eigenvalue weighted by molar-refractivity contribution is 0.259. The summed E-state index contributed by atoms with van der Waals surface area (Å²) in [6.45, 7) is 4.56. The second-order valence-electron chi connectivity index (χ2n) is 4.34. The molecule has 0 fully saturated rings. The first-order valence-electron chi connectivity index (χ1n) is 5.58. The molecule has 0 saturated carbocycles. The second kappa shape index (κ2) is 4.99. The van der Waals surface area contributed by atoms with Crippen molar-refractivity contribution in [1.82, 2.24) is 10.2 Å². The zero-order valence-corrected chi connectivity index (χ0v) is 9.90. The number of ether oxygens (including phenoxy) is 1. The number of aromatic nitrogens is 2. The summed E-state index contributed by atoms with van der Waals surface area (Å²) in [5.41, 5.74) is 1.80. The van der Waals surface area contributed by atoms with Crippen LogP contribution in [0, 0.1) is 11.7 Å². The van der Waals surface area contributed by atoms with Crippen molar-refractivity contribution in [2.45, 2.75) is 13.8 Å². The summed E-state index contributed by atoms with van der Waals surface area (Å²) in [4.78, 5) is 0. The van der Waals surface area contributed by atoms with Crippen molar-refractivity contribution in [3.05, 3.63) is 36.4 Å². The lowest BCUT2D eigenvalue weighted by Crippen LogP contribution is -2.05. The van der Waals surface area contributed by atoms with E-state index in [0.717, 1.165) is 11.1 Å². The topological polar surface area (TPSA) is 37.9 Å². The maximum atomic E-state index is 13.5. The molecular weight excluding hydrogens is 219 g/mol. The standard InChI is InChI=1S/C13H15FN2O/c1-9(2)8-17-13-5-10(3-4-12(13)14)11-6-15-16-7-11/h3-7,9H,8H2,1-2H3,(H,15,16). The van der Waals surface area contributed by atoms with Gasteiger partial charge in [-0.1, -0.05) is 19.9 Å². The van der Waals surface area contributed by atoms with Gasteiger partial charge in [0.1, 0.15) is 0 Å². The van der Waals surface area contributed by atoms with E-state index in [1.807, 2.05) is 13.8 Å². The minimum Gasteiger partial charge on any atom is -0.490 e. The van der Waals surface area contributed by atoms with Gasteiger partial charge in [0.25, 0.3) is 0 Å². The first-order valence-corrected chi connectivity index (χ1v) is 5.58.